The molecule has 0 aliphatic carbocycles. The molecule has 1 heterocycles. The molecule has 0 bridgehead atoms. The molecule has 1 aromatic carbocycles. The lowest BCUT2D eigenvalue weighted by Gasteiger charge is -2.20. The van der Waals surface area contributed by atoms with Crippen LogP contribution in [0.2, 0.25) is 0 Å². The maximum Gasteiger partial charge on any atom is 0.244 e. The molecule has 0 spiro atoms. The van der Waals surface area contributed by atoms with Gasteiger partial charge in [-0.15, -0.1) is 13.2 Å². The van der Waals surface area contributed by atoms with E-state index in [0.717, 1.165) is 5.56 Å². The average Bonchev–Trinajstić information content (AvgIpc) is 2.47. The van der Waals surface area contributed by atoms with E-state index >= 15 is 0 Å². The summed E-state index contributed by atoms with van der Waals surface area (Å²) in [4.78, 5) is 4.55. The number of hydrogen-bond acceptors (Lipinski definition) is 3. The first kappa shape index (κ1) is 15.4. The zero-order chi connectivity index (χ0) is 15.5. The van der Waals surface area contributed by atoms with Crippen LogP contribution in [0.3, 0.4) is 0 Å². The van der Waals surface area contributed by atoms with Crippen molar-refractivity contribution in [1.82, 2.24) is 9.29 Å². The van der Waals surface area contributed by atoms with Crippen LogP contribution in [0, 0.1) is 6.92 Å². The highest BCUT2D eigenvalue weighted by Gasteiger charge is 2.25. The quantitative estimate of drug-likeness (QED) is 0.771. The van der Waals surface area contributed by atoms with E-state index in [-0.39, 0.29) is 18.0 Å². The van der Waals surface area contributed by atoms with Crippen LogP contribution in [0.15, 0.2) is 60.7 Å². The molecular weight excluding hydrogens is 284 g/mol. The van der Waals surface area contributed by atoms with Gasteiger partial charge in [-0.25, -0.2) is 8.42 Å². The fourth-order valence-electron chi connectivity index (χ4n) is 2.21. The number of rotatable bonds is 6. The Morgan fingerprint density at radius 2 is 1.86 bits per heavy atom. The first-order chi connectivity index (χ1) is 10.0. The minimum atomic E-state index is -3.62. The third-order valence-electron chi connectivity index (χ3n) is 3.21. The molecule has 0 N–H and O–H groups in total. The van der Waals surface area contributed by atoms with Gasteiger partial charge < -0.3 is 0 Å². The molecule has 4 nitrogen and oxygen atoms in total. The van der Waals surface area contributed by atoms with Crippen LogP contribution in [-0.4, -0.2) is 30.8 Å². The highest BCUT2D eigenvalue weighted by molar-refractivity contribution is 7.89. The van der Waals surface area contributed by atoms with Crippen LogP contribution in [0.4, 0.5) is 0 Å². The molecule has 2 aromatic rings. The van der Waals surface area contributed by atoms with Gasteiger partial charge in [-0.05, 0) is 30.7 Å². The third kappa shape index (κ3) is 2.89. The number of hydrogen-bond donors (Lipinski definition) is 0. The number of benzene rings is 1. The van der Waals surface area contributed by atoms with Crippen molar-refractivity contribution in [3.8, 4) is 0 Å². The molecular formula is C16H18N2O2S. The topological polar surface area (TPSA) is 50.3 Å². The summed E-state index contributed by atoms with van der Waals surface area (Å²) in [5.74, 6) is 0. The normalized spacial score (nSPS) is 11.7. The molecule has 0 saturated carbocycles. The summed E-state index contributed by atoms with van der Waals surface area (Å²) in [6.45, 7) is 9.62. The Kier molecular flexibility index (Phi) is 4.55. The molecule has 110 valence electrons. The molecule has 0 aliphatic rings. The van der Waals surface area contributed by atoms with Crippen molar-refractivity contribution in [2.45, 2.75) is 11.8 Å². The molecule has 0 radical (unpaired) electrons. The molecule has 0 amide bonds. The van der Waals surface area contributed by atoms with Crippen molar-refractivity contribution in [3.63, 3.8) is 0 Å². The monoisotopic (exact) mass is 302 g/mol. The van der Waals surface area contributed by atoms with E-state index in [9.17, 15) is 8.42 Å². The van der Waals surface area contributed by atoms with Crippen LogP contribution in [0.25, 0.3) is 10.9 Å². The highest BCUT2D eigenvalue weighted by Crippen LogP contribution is 2.26. The Morgan fingerprint density at radius 3 is 2.48 bits per heavy atom. The van der Waals surface area contributed by atoms with Crippen molar-refractivity contribution in [2.75, 3.05) is 13.1 Å². The van der Waals surface area contributed by atoms with Gasteiger partial charge in [-0.2, -0.15) is 4.31 Å². The lowest BCUT2D eigenvalue weighted by molar-refractivity contribution is 0.475. The average molecular weight is 302 g/mol. The van der Waals surface area contributed by atoms with E-state index in [4.69, 9.17) is 0 Å². The minimum Gasteiger partial charge on any atom is -0.256 e. The van der Waals surface area contributed by atoms with Crippen molar-refractivity contribution >= 4 is 20.9 Å². The molecule has 0 unspecified atom stereocenters. The van der Waals surface area contributed by atoms with Gasteiger partial charge in [-0.1, -0.05) is 18.2 Å². The Balaban J connectivity index is 2.67. The van der Waals surface area contributed by atoms with Gasteiger partial charge >= 0.3 is 0 Å². The van der Waals surface area contributed by atoms with E-state index in [1.54, 1.807) is 42.6 Å². The van der Waals surface area contributed by atoms with E-state index in [1.165, 1.54) is 4.31 Å². The lowest BCUT2D eigenvalue weighted by atomic mass is 10.1. The number of aryl methyl sites for hydroxylation is 1. The number of sulfonamides is 1. The number of nitrogens with zero attached hydrogens (tertiary/aromatic N) is 2. The molecule has 1 aromatic heterocycles. The summed E-state index contributed by atoms with van der Waals surface area (Å²) in [7, 11) is -3.62. The SMILES string of the molecule is C=CCN(CC=C)S(=O)(=O)c1ccc(C)c2ncccc12. The van der Waals surface area contributed by atoms with Gasteiger partial charge in [0.15, 0.2) is 0 Å². The minimum absolute atomic E-state index is 0.240. The van der Waals surface area contributed by atoms with Gasteiger partial charge in [0.25, 0.3) is 0 Å². The zero-order valence-corrected chi connectivity index (χ0v) is 12.8. The van der Waals surface area contributed by atoms with Gasteiger partial charge in [0, 0.05) is 24.7 Å². The van der Waals surface area contributed by atoms with Crippen molar-refractivity contribution in [2.24, 2.45) is 0 Å². The van der Waals surface area contributed by atoms with Crippen LogP contribution in [-0.2, 0) is 10.0 Å². The fourth-order valence-corrected chi connectivity index (χ4v) is 3.77. The number of aromatic nitrogens is 1. The Labute approximate surface area is 125 Å². The van der Waals surface area contributed by atoms with Crippen LogP contribution < -0.4 is 0 Å². The summed E-state index contributed by atoms with van der Waals surface area (Å²) in [5, 5.41) is 0.635. The standard InChI is InChI=1S/C16H18N2O2S/c1-4-11-18(12-5-2)21(19,20)15-9-8-13(3)16-14(15)7-6-10-17-16/h4-10H,1-2,11-12H2,3H3. The smallest absolute Gasteiger partial charge is 0.244 e. The Hall–Kier alpha value is -1.98. The van der Waals surface area contributed by atoms with E-state index in [1.807, 2.05) is 6.92 Å². The van der Waals surface area contributed by atoms with Crippen LogP contribution in [0.1, 0.15) is 5.56 Å². The summed E-state index contributed by atoms with van der Waals surface area (Å²) in [6.07, 6.45) is 4.79. The van der Waals surface area contributed by atoms with Gasteiger partial charge in [-0.3, -0.25) is 4.98 Å². The zero-order valence-electron chi connectivity index (χ0n) is 12.0. The molecule has 0 fully saturated rings. The Bertz CT molecular complexity index is 772. The highest BCUT2D eigenvalue weighted by atomic mass is 32.2. The van der Waals surface area contributed by atoms with Gasteiger partial charge in [0.05, 0.1) is 10.4 Å². The van der Waals surface area contributed by atoms with Crippen molar-refractivity contribution < 1.29 is 8.42 Å². The largest absolute Gasteiger partial charge is 0.256 e. The summed E-state index contributed by atoms with van der Waals surface area (Å²) in [5.41, 5.74) is 1.65. The lowest BCUT2D eigenvalue weighted by Crippen LogP contribution is -2.31. The molecule has 5 heteroatoms. The molecule has 21 heavy (non-hydrogen) atoms. The molecule has 0 aliphatic heterocycles. The predicted molar refractivity (Wildman–Crippen MR) is 85.6 cm³/mol. The second-order valence-electron chi connectivity index (χ2n) is 4.68. The maximum atomic E-state index is 12.8. The van der Waals surface area contributed by atoms with Gasteiger partial charge in [0.2, 0.25) is 10.0 Å². The van der Waals surface area contributed by atoms with Crippen molar-refractivity contribution in [3.05, 3.63) is 61.3 Å². The van der Waals surface area contributed by atoms with E-state index in [0.29, 0.717) is 10.9 Å². The molecule has 0 atom stereocenters. The number of pyridine rings is 1. The van der Waals surface area contributed by atoms with E-state index < -0.39 is 10.0 Å². The molecule has 2 rings (SSSR count). The van der Waals surface area contributed by atoms with Crippen LogP contribution >= 0.6 is 0 Å². The van der Waals surface area contributed by atoms with Crippen LogP contribution in [0.5, 0.6) is 0 Å². The summed E-state index contributed by atoms with van der Waals surface area (Å²) >= 11 is 0. The molecule has 0 saturated heterocycles. The van der Waals surface area contributed by atoms with E-state index in [2.05, 4.69) is 18.1 Å². The van der Waals surface area contributed by atoms with Crippen molar-refractivity contribution in [1.29, 1.82) is 0 Å². The third-order valence-corrected chi connectivity index (χ3v) is 5.10. The van der Waals surface area contributed by atoms with Gasteiger partial charge in [0.1, 0.15) is 0 Å². The first-order valence-electron chi connectivity index (χ1n) is 6.58. The fraction of sp³-hybridized carbons (Fsp3) is 0.188. The number of fused-ring (bicyclic) bond motifs is 1. The first-order valence-corrected chi connectivity index (χ1v) is 8.02. The second-order valence-corrected chi connectivity index (χ2v) is 6.59. The summed E-state index contributed by atoms with van der Waals surface area (Å²) in [6, 6.07) is 6.93. The predicted octanol–water partition coefficient (Wildman–Crippen LogP) is 2.91. The summed E-state index contributed by atoms with van der Waals surface area (Å²) < 4.78 is 27.0. The second kappa shape index (κ2) is 6.20. The Morgan fingerprint density at radius 1 is 1.19 bits per heavy atom. The maximum absolute atomic E-state index is 12.8.